The number of rotatable bonds is 2. The second-order valence-corrected chi connectivity index (χ2v) is 4.26. The Morgan fingerprint density at radius 1 is 1.17 bits per heavy atom. The van der Waals surface area contributed by atoms with E-state index >= 15 is 0 Å². The summed E-state index contributed by atoms with van der Waals surface area (Å²) in [6.07, 6.45) is 6.75. The van der Waals surface area contributed by atoms with E-state index in [9.17, 15) is 0 Å². The van der Waals surface area contributed by atoms with Crippen molar-refractivity contribution in [3.05, 3.63) is 0 Å². The normalized spacial score (nSPS) is 37.8. The third-order valence-electron chi connectivity index (χ3n) is 3.55. The van der Waals surface area contributed by atoms with E-state index in [0.29, 0.717) is 18.6 Å². The molecule has 0 spiro atoms. The monoisotopic (exact) mass is 169 g/mol. The zero-order valence-electron chi connectivity index (χ0n) is 7.63. The second-order valence-electron chi connectivity index (χ2n) is 4.26. The minimum absolute atomic E-state index is 0.383. The van der Waals surface area contributed by atoms with Crippen molar-refractivity contribution in [3.8, 4) is 0 Å². The first kappa shape index (κ1) is 8.52. The predicted molar refractivity (Wildman–Crippen MR) is 48.9 cm³/mol. The molecule has 0 aromatic rings. The van der Waals surface area contributed by atoms with Crippen molar-refractivity contribution in [1.82, 2.24) is 5.32 Å². The van der Waals surface area contributed by atoms with E-state index < -0.39 is 0 Å². The second kappa shape index (κ2) is 3.75. The standard InChI is InChI=1S/C10H19NO/c12-7-9-5-6-11-10(9)8-3-1-2-4-8/h8-12H,1-7H2. The Labute approximate surface area is 74.4 Å². The molecule has 1 heterocycles. The van der Waals surface area contributed by atoms with Crippen LogP contribution in [0.4, 0.5) is 0 Å². The van der Waals surface area contributed by atoms with Crippen LogP contribution < -0.4 is 5.32 Å². The first-order valence-electron chi connectivity index (χ1n) is 5.26. The SMILES string of the molecule is OCC1CCNC1C1CCCC1. The molecule has 0 aromatic carbocycles. The van der Waals surface area contributed by atoms with Crippen LogP contribution in [0, 0.1) is 11.8 Å². The minimum atomic E-state index is 0.383. The smallest absolute Gasteiger partial charge is 0.0474 e. The topological polar surface area (TPSA) is 32.3 Å². The summed E-state index contributed by atoms with van der Waals surface area (Å²) >= 11 is 0. The fourth-order valence-corrected chi connectivity index (χ4v) is 2.85. The molecule has 2 N–H and O–H groups in total. The Bertz CT molecular complexity index is 143. The van der Waals surface area contributed by atoms with Crippen LogP contribution in [0.25, 0.3) is 0 Å². The lowest BCUT2D eigenvalue weighted by atomic mass is 9.89. The van der Waals surface area contributed by atoms with Gasteiger partial charge in [0.2, 0.25) is 0 Å². The zero-order chi connectivity index (χ0) is 8.39. The van der Waals surface area contributed by atoms with Gasteiger partial charge in [-0.05, 0) is 37.6 Å². The van der Waals surface area contributed by atoms with Gasteiger partial charge in [0.05, 0.1) is 0 Å². The van der Waals surface area contributed by atoms with Crippen molar-refractivity contribution in [2.24, 2.45) is 11.8 Å². The van der Waals surface area contributed by atoms with Crippen molar-refractivity contribution in [2.75, 3.05) is 13.2 Å². The van der Waals surface area contributed by atoms with Gasteiger partial charge >= 0.3 is 0 Å². The van der Waals surface area contributed by atoms with E-state index in [1.165, 1.54) is 32.1 Å². The lowest BCUT2D eigenvalue weighted by Gasteiger charge is -2.23. The molecule has 1 aliphatic heterocycles. The van der Waals surface area contributed by atoms with Gasteiger partial charge in [-0.1, -0.05) is 12.8 Å². The van der Waals surface area contributed by atoms with E-state index in [-0.39, 0.29) is 0 Å². The maximum Gasteiger partial charge on any atom is 0.0474 e. The Balaban J connectivity index is 1.92. The number of aliphatic hydroxyl groups excluding tert-OH is 1. The maximum absolute atomic E-state index is 9.16. The fraction of sp³-hybridized carbons (Fsp3) is 1.00. The van der Waals surface area contributed by atoms with Crippen molar-refractivity contribution < 1.29 is 5.11 Å². The quantitative estimate of drug-likeness (QED) is 0.650. The molecular weight excluding hydrogens is 150 g/mol. The third kappa shape index (κ3) is 1.50. The summed E-state index contributed by atoms with van der Waals surface area (Å²) in [4.78, 5) is 0. The van der Waals surface area contributed by atoms with Crippen LogP contribution in [0.1, 0.15) is 32.1 Å². The van der Waals surface area contributed by atoms with Crippen molar-refractivity contribution in [2.45, 2.75) is 38.1 Å². The van der Waals surface area contributed by atoms with Gasteiger partial charge in [-0.3, -0.25) is 0 Å². The van der Waals surface area contributed by atoms with Crippen molar-refractivity contribution in [1.29, 1.82) is 0 Å². The molecule has 1 aliphatic carbocycles. The number of hydrogen-bond donors (Lipinski definition) is 2. The van der Waals surface area contributed by atoms with Crippen molar-refractivity contribution >= 4 is 0 Å². The summed E-state index contributed by atoms with van der Waals surface area (Å²) in [6, 6.07) is 0.637. The maximum atomic E-state index is 9.16. The highest BCUT2D eigenvalue weighted by atomic mass is 16.3. The predicted octanol–water partition coefficient (Wildman–Crippen LogP) is 1.15. The highest BCUT2D eigenvalue weighted by Crippen LogP contribution is 2.33. The summed E-state index contributed by atoms with van der Waals surface area (Å²) < 4.78 is 0. The average molecular weight is 169 g/mol. The molecule has 2 atom stereocenters. The Kier molecular flexibility index (Phi) is 2.66. The van der Waals surface area contributed by atoms with Gasteiger partial charge in [0, 0.05) is 12.6 Å². The summed E-state index contributed by atoms with van der Waals surface area (Å²) in [5.41, 5.74) is 0. The molecule has 0 amide bonds. The Morgan fingerprint density at radius 2 is 1.92 bits per heavy atom. The fourth-order valence-electron chi connectivity index (χ4n) is 2.85. The van der Waals surface area contributed by atoms with E-state index in [2.05, 4.69) is 5.32 Å². The molecule has 2 aliphatic rings. The first-order valence-corrected chi connectivity index (χ1v) is 5.26. The van der Waals surface area contributed by atoms with Gasteiger partial charge in [0.25, 0.3) is 0 Å². The lowest BCUT2D eigenvalue weighted by Crippen LogP contribution is -2.35. The van der Waals surface area contributed by atoms with Crippen LogP contribution in [0.5, 0.6) is 0 Å². The van der Waals surface area contributed by atoms with Crippen LogP contribution in [0.3, 0.4) is 0 Å². The van der Waals surface area contributed by atoms with Crippen LogP contribution in [0.15, 0.2) is 0 Å². The molecule has 2 heteroatoms. The Hall–Kier alpha value is -0.0800. The molecule has 70 valence electrons. The van der Waals surface area contributed by atoms with E-state index in [4.69, 9.17) is 5.11 Å². The van der Waals surface area contributed by atoms with Gasteiger partial charge in [0.1, 0.15) is 0 Å². The molecule has 2 rings (SSSR count). The first-order chi connectivity index (χ1) is 5.92. The highest BCUT2D eigenvalue weighted by molar-refractivity contribution is 4.90. The Morgan fingerprint density at radius 3 is 2.58 bits per heavy atom. The number of aliphatic hydroxyl groups is 1. The van der Waals surface area contributed by atoms with Gasteiger partial charge in [-0.25, -0.2) is 0 Å². The van der Waals surface area contributed by atoms with Crippen LogP contribution in [-0.4, -0.2) is 24.3 Å². The van der Waals surface area contributed by atoms with Gasteiger partial charge in [-0.2, -0.15) is 0 Å². The molecule has 2 fully saturated rings. The number of nitrogens with one attached hydrogen (secondary N) is 1. The van der Waals surface area contributed by atoms with Crippen LogP contribution in [-0.2, 0) is 0 Å². The molecule has 1 saturated carbocycles. The molecule has 0 radical (unpaired) electrons. The molecule has 0 aromatic heterocycles. The summed E-state index contributed by atoms with van der Waals surface area (Å²) in [6.45, 7) is 1.50. The lowest BCUT2D eigenvalue weighted by molar-refractivity contribution is 0.189. The molecule has 1 saturated heterocycles. The molecule has 0 bridgehead atoms. The third-order valence-corrected chi connectivity index (χ3v) is 3.55. The van der Waals surface area contributed by atoms with E-state index in [1.807, 2.05) is 0 Å². The van der Waals surface area contributed by atoms with Crippen LogP contribution >= 0.6 is 0 Å². The van der Waals surface area contributed by atoms with Gasteiger partial charge in [-0.15, -0.1) is 0 Å². The highest BCUT2D eigenvalue weighted by Gasteiger charge is 2.33. The van der Waals surface area contributed by atoms with E-state index in [1.54, 1.807) is 0 Å². The average Bonchev–Trinajstić information content (AvgIpc) is 2.74. The molecular formula is C10H19NO. The molecule has 2 nitrogen and oxygen atoms in total. The summed E-state index contributed by atoms with van der Waals surface area (Å²) in [7, 11) is 0. The molecule has 2 unspecified atom stereocenters. The largest absolute Gasteiger partial charge is 0.396 e. The zero-order valence-corrected chi connectivity index (χ0v) is 7.63. The van der Waals surface area contributed by atoms with Gasteiger partial charge < -0.3 is 10.4 Å². The van der Waals surface area contributed by atoms with Crippen molar-refractivity contribution in [3.63, 3.8) is 0 Å². The summed E-state index contributed by atoms with van der Waals surface area (Å²) in [5.74, 6) is 1.41. The summed E-state index contributed by atoms with van der Waals surface area (Å²) in [5, 5.41) is 12.7. The number of hydrogen-bond acceptors (Lipinski definition) is 2. The van der Waals surface area contributed by atoms with Crippen LogP contribution in [0.2, 0.25) is 0 Å². The van der Waals surface area contributed by atoms with Gasteiger partial charge in [0.15, 0.2) is 0 Å². The van der Waals surface area contributed by atoms with E-state index in [0.717, 1.165) is 12.5 Å². The minimum Gasteiger partial charge on any atom is -0.396 e. The molecule has 12 heavy (non-hydrogen) atoms.